The van der Waals surface area contributed by atoms with Gasteiger partial charge in [-0.25, -0.2) is 9.59 Å². The van der Waals surface area contributed by atoms with E-state index in [1.807, 2.05) is 0 Å². The largest absolute Gasteiger partial charge is 0.487 e. The first-order chi connectivity index (χ1) is 16.0. The Hall–Kier alpha value is -3.10. The van der Waals surface area contributed by atoms with E-state index in [9.17, 15) is 19.5 Å². The Bertz CT molecular complexity index is 1070. The molecule has 1 saturated heterocycles. The van der Waals surface area contributed by atoms with E-state index in [2.05, 4.69) is 5.32 Å². The van der Waals surface area contributed by atoms with Crippen LogP contribution in [0.5, 0.6) is 5.75 Å². The highest BCUT2D eigenvalue weighted by Gasteiger charge is 2.22. The second-order valence-corrected chi connectivity index (χ2v) is 9.42. The SMILES string of the molecule is CC(C)(C)OC(=O)NCc1ccc(Cl)c(C(=O)Cc2ccc(OC3CCOC3)c(C(=O)O)c2)c1. The molecule has 3 rings (SSSR count). The Labute approximate surface area is 203 Å². The highest BCUT2D eigenvalue weighted by atomic mass is 35.5. The standard InChI is InChI=1S/C25H28ClNO7/c1-25(2,3)34-24(31)27-13-16-4-6-20(26)18(11-16)21(28)12-15-5-7-22(19(10-15)23(29)30)33-17-8-9-32-14-17/h4-7,10-11,17H,8-9,12-14H2,1-3H3,(H,27,31)(H,29,30). The average Bonchev–Trinajstić information content (AvgIpc) is 3.26. The molecule has 1 aliphatic rings. The third-order valence-corrected chi connectivity index (χ3v) is 5.32. The molecule has 0 radical (unpaired) electrons. The molecule has 1 fully saturated rings. The van der Waals surface area contributed by atoms with Crippen molar-refractivity contribution in [1.82, 2.24) is 5.32 Å². The van der Waals surface area contributed by atoms with Gasteiger partial charge in [0.15, 0.2) is 5.78 Å². The second-order valence-electron chi connectivity index (χ2n) is 9.01. The van der Waals surface area contributed by atoms with Gasteiger partial charge in [-0.15, -0.1) is 0 Å². The number of ether oxygens (including phenoxy) is 3. The number of nitrogens with one attached hydrogen (secondary N) is 1. The Balaban J connectivity index is 1.70. The summed E-state index contributed by atoms with van der Waals surface area (Å²) >= 11 is 6.25. The van der Waals surface area contributed by atoms with Gasteiger partial charge in [-0.3, -0.25) is 4.79 Å². The number of amides is 1. The van der Waals surface area contributed by atoms with Gasteiger partial charge in [-0.05, 0) is 56.2 Å². The first kappa shape index (κ1) is 25.5. The van der Waals surface area contributed by atoms with Gasteiger partial charge >= 0.3 is 12.1 Å². The topological polar surface area (TPSA) is 111 Å². The average molecular weight is 490 g/mol. The summed E-state index contributed by atoms with van der Waals surface area (Å²) in [7, 11) is 0. The molecule has 182 valence electrons. The predicted molar refractivity (Wildman–Crippen MR) is 126 cm³/mol. The van der Waals surface area contributed by atoms with Gasteiger partial charge in [0.1, 0.15) is 23.0 Å². The summed E-state index contributed by atoms with van der Waals surface area (Å²) in [6.45, 7) is 6.45. The van der Waals surface area contributed by atoms with Gasteiger partial charge in [-0.2, -0.15) is 0 Å². The maximum atomic E-state index is 13.0. The minimum atomic E-state index is -1.14. The molecule has 2 N–H and O–H groups in total. The zero-order valence-corrected chi connectivity index (χ0v) is 20.1. The van der Waals surface area contributed by atoms with Gasteiger partial charge in [0.25, 0.3) is 0 Å². The monoisotopic (exact) mass is 489 g/mol. The Morgan fingerprint density at radius 1 is 1.12 bits per heavy atom. The van der Waals surface area contributed by atoms with Crippen molar-refractivity contribution in [2.24, 2.45) is 0 Å². The molecule has 1 heterocycles. The maximum absolute atomic E-state index is 13.0. The van der Waals surface area contributed by atoms with Crippen molar-refractivity contribution in [3.05, 3.63) is 63.7 Å². The van der Waals surface area contributed by atoms with E-state index in [1.165, 1.54) is 6.07 Å². The van der Waals surface area contributed by atoms with Crippen LogP contribution in [0.1, 0.15) is 59.0 Å². The molecule has 0 aliphatic carbocycles. The number of benzene rings is 2. The molecular weight excluding hydrogens is 462 g/mol. The molecule has 0 bridgehead atoms. The third-order valence-electron chi connectivity index (χ3n) is 4.99. The lowest BCUT2D eigenvalue weighted by molar-refractivity contribution is 0.0522. The van der Waals surface area contributed by atoms with E-state index in [4.69, 9.17) is 25.8 Å². The van der Waals surface area contributed by atoms with Crippen LogP contribution in [-0.2, 0) is 22.4 Å². The summed E-state index contributed by atoms with van der Waals surface area (Å²) in [5.41, 5.74) is 0.841. The lowest BCUT2D eigenvalue weighted by atomic mass is 9.99. The van der Waals surface area contributed by atoms with E-state index >= 15 is 0 Å². The van der Waals surface area contributed by atoms with Gasteiger partial charge in [0.2, 0.25) is 0 Å². The Morgan fingerprint density at radius 2 is 1.82 bits per heavy atom. The highest BCUT2D eigenvalue weighted by Crippen LogP contribution is 2.26. The lowest BCUT2D eigenvalue weighted by Crippen LogP contribution is -2.32. The number of carboxylic acids is 1. The molecule has 1 unspecified atom stereocenters. The van der Waals surface area contributed by atoms with Crippen LogP contribution in [0.15, 0.2) is 36.4 Å². The number of carbonyl (C=O) groups excluding carboxylic acids is 2. The number of halogens is 1. The fraction of sp³-hybridized carbons (Fsp3) is 0.400. The Morgan fingerprint density at radius 3 is 2.47 bits per heavy atom. The first-order valence-corrected chi connectivity index (χ1v) is 11.3. The van der Waals surface area contributed by atoms with Crippen molar-refractivity contribution in [3.63, 3.8) is 0 Å². The molecule has 34 heavy (non-hydrogen) atoms. The van der Waals surface area contributed by atoms with Crippen LogP contribution in [0.25, 0.3) is 0 Å². The van der Waals surface area contributed by atoms with E-state index in [1.54, 1.807) is 51.1 Å². The van der Waals surface area contributed by atoms with Crippen molar-refractivity contribution in [1.29, 1.82) is 0 Å². The van der Waals surface area contributed by atoms with Crippen LogP contribution < -0.4 is 10.1 Å². The lowest BCUT2D eigenvalue weighted by Gasteiger charge is -2.19. The number of ketones is 1. The maximum Gasteiger partial charge on any atom is 0.407 e. The molecule has 0 aromatic heterocycles. The smallest absolute Gasteiger partial charge is 0.407 e. The normalized spacial score (nSPS) is 15.6. The zero-order valence-electron chi connectivity index (χ0n) is 19.4. The van der Waals surface area contributed by atoms with Crippen LogP contribution in [-0.4, -0.2) is 47.9 Å². The molecule has 8 nitrogen and oxygen atoms in total. The molecule has 2 aromatic carbocycles. The summed E-state index contributed by atoms with van der Waals surface area (Å²) in [5.74, 6) is -1.18. The number of aromatic carboxylic acids is 1. The summed E-state index contributed by atoms with van der Waals surface area (Å²) in [4.78, 5) is 36.6. The van der Waals surface area contributed by atoms with Crippen LogP contribution in [0, 0.1) is 0 Å². The van der Waals surface area contributed by atoms with Gasteiger partial charge in [0, 0.05) is 24.9 Å². The van der Waals surface area contributed by atoms with E-state index in [-0.39, 0.29) is 46.8 Å². The number of Topliss-reactive ketones (excluding diaryl/α,β-unsaturated/α-hetero) is 1. The number of alkyl carbamates (subject to hydrolysis) is 1. The van der Waals surface area contributed by atoms with Gasteiger partial charge in [0.05, 0.1) is 18.2 Å². The van der Waals surface area contributed by atoms with Crippen molar-refractivity contribution >= 4 is 29.4 Å². The number of rotatable bonds is 8. The molecule has 0 saturated carbocycles. The summed E-state index contributed by atoms with van der Waals surface area (Å²) < 4.78 is 16.2. The number of carboxylic acid groups (broad SMARTS) is 1. The molecule has 9 heteroatoms. The summed E-state index contributed by atoms with van der Waals surface area (Å²) in [6.07, 6.45) is -0.114. The molecular formula is C25H28ClNO7. The molecule has 1 amide bonds. The first-order valence-electron chi connectivity index (χ1n) is 10.9. The predicted octanol–water partition coefficient (Wildman–Crippen LogP) is 4.66. The Kier molecular flexibility index (Phi) is 8.17. The molecule has 1 atom stereocenters. The van der Waals surface area contributed by atoms with Crippen LogP contribution in [0.3, 0.4) is 0 Å². The van der Waals surface area contributed by atoms with Crippen LogP contribution in [0.4, 0.5) is 4.79 Å². The highest BCUT2D eigenvalue weighted by molar-refractivity contribution is 6.34. The van der Waals surface area contributed by atoms with E-state index < -0.39 is 17.7 Å². The fourth-order valence-electron chi connectivity index (χ4n) is 3.41. The van der Waals surface area contributed by atoms with Crippen LogP contribution >= 0.6 is 11.6 Å². The van der Waals surface area contributed by atoms with Crippen molar-refractivity contribution in [2.45, 2.75) is 51.9 Å². The van der Waals surface area contributed by atoms with Crippen molar-refractivity contribution in [2.75, 3.05) is 13.2 Å². The van der Waals surface area contributed by atoms with E-state index in [0.29, 0.717) is 30.8 Å². The minimum Gasteiger partial charge on any atom is -0.487 e. The zero-order chi connectivity index (χ0) is 24.9. The fourth-order valence-corrected chi connectivity index (χ4v) is 3.63. The number of hydrogen-bond donors (Lipinski definition) is 2. The van der Waals surface area contributed by atoms with Gasteiger partial charge < -0.3 is 24.6 Å². The summed E-state index contributed by atoms with van der Waals surface area (Å²) in [6, 6.07) is 9.57. The summed E-state index contributed by atoms with van der Waals surface area (Å²) in [5, 5.41) is 12.5. The number of carbonyl (C=O) groups is 3. The second kappa shape index (κ2) is 10.9. The molecule has 1 aliphatic heterocycles. The van der Waals surface area contributed by atoms with Gasteiger partial charge in [-0.1, -0.05) is 23.7 Å². The quantitative estimate of drug-likeness (QED) is 0.519. The van der Waals surface area contributed by atoms with E-state index in [0.717, 1.165) is 0 Å². The third kappa shape index (κ3) is 7.20. The van der Waals surface area contributed by atoms with Crippen molar-refractivity contribution < 1.29 is 33.7 Å². The van der Waals surface area contributed by atoms with Crippen molar-refractivity contribution in [3.8, 4) is 5.75 Å². The van der Waals surface area contributed by atoms with Crippen LogP contribution in [0.2, 0.25) is 5.02 Å². The molecule has 0 spiro atoms. The molecule has 2 aromatic rings. The minimum absolute atomic E-state index is 0.0152. The number of hydrogen-bond acceptors (Lipinski definition) is 6.